The zero-order chi connectivity index (χ0) is 21.8. The molecular weight excluding hydrogens is 431 g/mol. The third kappa shape index (κ3) is 2.02. The van der Waals surface area contributed by atoms with Gasteiger partial charge in [0.05, 0.1) is 11.1 Å². The Morgan fingerprint density at radius 3 is 1.94 bits per heavy atom. The molecule has 4 bridgehead atoms. The van der Waals surface area contributed by atoms with Gasteiger partial charge in [-0.2, -0.15) is 0 Å². The highest BCUT2D eigenvalue weighted by atomic mass is 35.5. The summed E-state index contributed by atoms with van der Waals surface area (Å²) in [7, 11) is 2.03. The molecule has 0 aliphatic carbocycles. The van der Waals surface area contributed by atoms with E-state index in [2.05, 4.69) is 41.0 Å². The predicted molar refractivity (Wildman–Crippen MR) is 131 cm³/mol. The van der Waals surface area contributed by atoms with Gasteiger partial charge in [-0.3, -0.25) is 9.05 Å². The van der Waals surface area contributed by atoms with Gasteiger partial charge < -0.3 is 0 Å². The molecule has 6 nitrogen and oxygen atoms in total. The Labute approximate surface area is 193 Å². The lowest BCUT2D eigenvalue weighted by molar-refractivity contribution is -0.244. The minimum absolute atomic E-state index is 0.545. The van der Waals surface area contributed by atoms with Gasteiger partial charge in [0, 0.05) is 28.6 Å². The van der Waals surface area contributed by atoms with Crippen LogP contribution in [0.15, 0.2) is 87.8 Å². The van der Waals surface area contributed by atoms with E-state index in [-0.39, 0.29) is 0 Å². The summed E-state index contributed by atoms with van der Waals surface area (Å²) in [5.41, 5.74) is 3.70. The highest BCUT2D eigenvalue weighted by molar-refractivity contribution is 7.02. The highest BCUT2D eigenvalue weighted by Gasteiger charge is 2.46. The smallest absolute Gasteiger partial charge is 0.299 e. The van der Waals surface area contributed by atoms with Gasteiger partial charge in [0.15, 0.2) is 0 Å². The number of nitrogens with zero attached hydrogens (tertiary/aromatic N) is 6. The van der Waals surface area contributed by atoms with Crippen LogP contribution in [-0.2, 0) is 7.05 Å². The van der Waals surface area contributed by atoms with Gasteiger partial charge in [0.1, 0.15) is 11.3 Å². The standard InChI is InChI=1S/C25H15BClN6/c1-31-20-14-8-2-3-9-15(14)21(31)29-23-17-11-5-7-13-19(17)25-30-24-18-12-6-4-10-16(18)22(28-20)32(24)26(27)33(23)25/h2-13H,1H3/q+1. The maximum Gasteiger partial charge on any atom is 0.583 e. The molecular formula is C25H15BClN6+. The molecule has 0 radical (unpaired) electrons. The van der Waals surface area contributed by atoms with Crippen molar-refractivity contribution in [1.82, 2.24) is 9.05 Å². The third-order valence-corrected chi connectivity index (χ3v) is 7.23. The van der Waals surface area contributed by atoms with Crippen LogP contribution < -0.4 is 11.0 Å². The number of aromatic nitrogens is 2. The summed E-state index contributed by atoms with van der Waals surface area (Å²) >= 11 is 7.25. The normalized spacial score (nSPS) is 15.5. The van der Waals surface area contributed by atoms with E-state index in [9.17, 15) is 0 Å². The summed E-state index contributed by atoms with van der Waals surface area (Å²) in [6.45, 7) is 0. The molecule has 0 atom stereocenters. The molecule has 5 aromatic rings. The number of halogens is 1. The molecule has 8 rings (SSSR count). The van der Waals surface area contributed by atoms with Gasteiger partial charge in [-0.15, -0.1) is 11.5 Å². The van der Waals surface area contributed by atoms with Gasteiger partial charge in [-0.25, -0.2) is 9.48 Å². The van der Waals surface area contributed by atoms with Crippen molar-refractivity contribution in [3.8, 4) is 0 Å². The number of rotatable bonds is 0. The largest absolute Gasteiger partial charge is 0.583 e. The molecule has 3 aliphatic rings. The lowest BCUT2D eigenvalue weighted by atomic mass is 10.1. The lowest BCUT2D eigenvalue weighted by Gasteiger charge is -2.14. The zero-order valence-corrected chi connectivity index (χ0v) is 18.3. The van der Waals surface area contributed by atoms with Crippen LogP contribution in [0.4, 0.5) is 11.6 Å². The van der Waals surface area contributed by atoms with Crippen LogP contribution in [0.2, 0.25) is 0 Å². The van der Waals surface area contributed by atoms with Crippen LogP contribution in [0.25, 0.3) is 21.5 Å². The average Bonchev–Trinajstić information content (AvgIpc) is 3.43. The maximum atomic E-state index is 7.25. The molecule has 33 heavy (non-hydrogen) atoms. The second-order valence-corrected chi connectivity index (χ2v) is 8.91. The van der Waals surface area contributed by atoms with Crippen molar-refractivity contribution in [3.05, 3.63) is 94.9 Å². The maximum absolute atomic E-state index is 7.25. The first-order valence-electron chi connectivity index (χ1n) is 10.8. The molecule has 0 fully saturated rings. The molecule has 2 aromatic heterocycles. The van der Waals surface area contributed by atoms with Gasteiger partial charge in [0.2, 0.25) is 11.3 Å². The van der Waals surface area contributed by atoms with Crippen LogP contribution in [0, 0.1) is 0 Å². The van der Waals surface area contributed by atoms with E-state index in [4.69, 9.17) is 26.4 Å². The molecule has 0 amide bonds. The van der Waals surface area contributed by atoms with Crippen molar-refractivity contribution in [3.63, 3.8) is 0 Å². The van der Waals surface area contributed by atoms with Crippen LogP contribution in [0.5, 0.6) is 0 Å². The van der Waals surface area contributed by atoms with E-state index in [1.165, 1.54) is 0 Å². The van der Waals surface area contributed by atoms with Crippen molar-refractivity contribution in [2.75, 3.05) is 0 Å². The fourth-order valence-electron chi connectivity index (χ4n) is 5.35. The Morgan fingerprint density at radius 2 is 1.24 bits per heavy atom. The van der Waals surface area contributed by atoms with Crippen LogP contribution in [-0.4, -0.2) is 31.6 Å². The summed E-state index contributed by atoms with van der Waals surface area (Å²) < 4.78 is 6.14. The van der Waals surface area contributed by atoms with E-state index in [0.29, 0.717) is 0 Å². The van der Waals surface area contributed by atoms with Gasteiger partial charge in [-0.05, 0) is 24.3 Å². The third-order valence-electron chi connectivity index (χ3n) is 6.84. The predicted octanol–water partition coefficient (Wildman–Crippen LogP) is 3.65. The highest BCUT2D eigenvalue weighted by Crippen LogP contribution is 2.38. The monoisotopic (exact) mass is 445 g/mol. The average molecular weight is 446 g/mol. The van der Waals surface area contributed by atoms with Crippen molar-refractivity contribution in [1.29, 1.82) is 0 Å². The van der Waals surface area contributed by atoms with Crippen molar-refractivity contribution < 1.29 is 4.49 Å². The minimum Gasteiger partial charge on any atom is -0.299 e. The van der Waals surface area contributed by atoms with Crippen LogP contribution in [0.1, 0.15) is 11.1 Å². The van der Waals surface area contributed by atoms with Crippen LogP contribution in [0.3, 0.4) is 0 Å². The first kappa shape index (κ1) is 17.6. The summed E-state index contributed by atoms with van der Waals surface area (Å²) in [6, 6.07) is 24.8. The number of amidine groups is 2. The SMILES string of the molecule is Cn1c2c3ccccc3c1N=c1c3ccccc3c3n1B(Cl)[N+]1=C(N=3)c3ccccc3C1=N2. The number of aliphatic imine (C=N–C) groups is 1. The summed E-state index contributed by atoms with van der Waals surface area (Å²) in [5.74, 6) is 3.34. The molecule has 0 saturated carbocycles. The Kier molecular flexibility index (Phi) is 3.13. The lowest BCUT2D eigenvalue weighted by Crippen LogP contribution is -2.51. The number of fused-ring (bicyclic) bond motifs is 11. The van der Waals surface area contributed by atoms with Crippen molar-refractivity contribution in [2.45, 2.75) is 0 Å². The Balaban J connectivity index is 1.70. The number of benzene rings is 3. The topological polar surface area (TPSA) is 49.9 Å². The van der Waals surface area contributed by atoms with Gasteiger partial charge >= 0.3 is 6.40 Å². The quantitative estimate of drug-likeness (QED) is 0.327. The number of hydrogen-bond donors (Lipinski definition) is 0. The second-order valence-electron chi connectivity index (χ2n) is 8.52. The summed E-state index contributed by atoms with van der Waals surface area (Å²) in [5, 5.41) is 4.19. The van der Waals surface area contributed by atoms with Gasteiger partial charge in [-0.1, -0.05) is 58.5 Å². The molecule has 5 heterocycles. The molecule has 0 unspecified atom stereocenters. The molecule has 0 N–H and O–H groups in total. The molecule has 8 heteroatoms. The fourth-order valence-corrected chi connectivity index (χ4v) is 5.72. The Hall–Kier alpha value is -3.97. The van der Waals surface area contributed by atoms with E-state index >= 15 is 0 Å². The van der Waals surface area contributed by atoms with Crippen molar-refractivity contribution >= 4 is 62.7 Å². The summed E-state index contributed by atoms with van der Waals surface area (Å²) in [6.07, 6.45) is -0.545. The Morgan fingerprint density at radius 1 is 0.697 bits per heavy atom. The Bertz CT molecular complexity index is 1910. The minimum atomic E-state index is -0.545. The molecule has 154 valence electrons. The van der Waals surface area contributed by atoms with E-state index < -0.39 is 6.40 Å². The van der Waals surface area contributed by atoms with Gasteiger partial charge in [0.25, 0.3) is 11.7 Å². The fraction of sp³-hybridized carbons (Fsp3) is 0.0400. The number of hydrogen-bond acceptors (Lipinski definition) is 3. The summed E-state index contributed by atoms with van der Waals surface area (Å²) in [4.78, 5) is 15.6. The second kappa shape index (κ2) is 5.88. The van der Waals surface area contributed by atoms with E-state index in [1.807, 2.05) is 52.4 Å². The van der Waals surface area contributed by atoms with Crippen molar-refractivity contribution in [2.24, 2.45) is 22.0 Å². The molecule has 3 aliphatic heterocycles. The zero-order valence-electron chi connectivity index (χ0n) is 17.6. The molecule has 0 saturated heterocycles. The van der Waals surface area contributed by atoms with E-state index in [0.717, 1.165) is 67.0 Å². The van der Waals surface area contributed by atoms with Crippen LogP contribution >= 0.6 is 11.5 Å². The van der Waals surface area contributed by atoms with E-state index in [1.54, 1.807) is 0 Å². The first-order chi connectivity index (χ1) is 16.2. The molecule has 3 aromatic carbocycles. The molecule has 0 spiro atoms. The first-order valence-corrected chi connectivity index (χ1v) is 11.3.